The van der Waals surface area contributed by atoms with E-state index < -0.39 is 0 Å². The molecule has 1 aliphatic heterocycles. The van der Waals surface area contributed by atoms with Gasteiger partial charge in [-0.3, -0.25) is 9.59 Å². The summed E-state index contributed by atoms with van der Waals surface area (Å²) in [4.78, 5) is 30.7. The minimum atomic E-state index is -0.317. The number of amides is 2. The van der Waals surface area contributed by atoms with Gasteiger partial charge >= 0.3 is 0 Å². The van der Waals surface area contributed by atoms with Gasteiger partial charge in [-0.15, -0.1) is 0 Å². The van der Waals surface area contributed by atoms with Crippen LogP contribution in [0.2, 0.25) is 0 Å². The zero-order valence-electron chi connectivity index (χ0n) is 12.5. The third-order valence-corrected chi connectivity index (χ3v) is 4.42. The molecular weight excluding hydrogens is 405 g/mol. The molecule has 3 rings (SSSR count). The van der Waals surface area contributed by atoms with Gasteiger partial charge in [-0.2, -0.15) is 0 Å². The zero-order valence-corrected chi connectivity index (χ0v) is 14.6. The average Bonchev–Trinajstić information content (AvgIpc) is 3.11. The highest BCUT2D eigenvalue weighted by atomic mass is 127. The van der Waals surface area contributed by atoms with Crippen LogP contribution in [0.4, 0.5) is 5.69 Å². The highest BCUT2D eigenvalue weighted by Gasteiger charge is 2.21. The standard InChI is InChI=1S/C17H16IN3O2/c18-12-6-8-13(9-7-12)19-16(22)14-4-3-5-15(20-14)17(23)21-10-1-2-11-21/h3-9H,1-2,10-11H2,(H,19,22). The predicted molar refractivity (Wildman–Crippen MR) is 96.5 cm³/mol. The summed E-state index contributed by atoms with van der Waals surface area (Å²) in [5.74, 6) is -0.423. The molecule has 0 bridgehead atoms. The van der Waals surface area contributed by atoms with Gasteiger partial charge in [0.1, 0.15) is 11.4 Å². The van der Waals surface area contributed by atoms with Gasteiger partial charge in [0.05, 0.1) is 0 Å². The first-order chi connectivity index (χ1) is 11.1. The number of carbonyl (C=O) groups excluding carboxylic acids is 2. The normalized spacial score (nSPS) is 13.9. The fraction of sp³-hybridized carbons (Fsp3) is 0.235. The van der Waals surface area contributed by atoms with Crippen molar-refractivity contribution in [2.75, 3.05) is 18.4 Å². The number of anilines is 1. The molecule has 0 radical (unpaired) electrons. The topological polar surface area (TPSA) is 62.3 Å². The molecule has 0 saturated carbocycles. The number of nitrogens with one attached hydrogen (secondary N) is 1. The number of benzene rings is 1. The number of pyridine rings is 1. The summed E-state index contributed by atoms with van der Waals surface area (Å²) in [5, 5.41) is 2.79. The smallest absolute Gasteiger partial charge is 0.274 e. The molecule has 2 aromatic rings. The minimum Gasteiger partial charge on any atom is -0.337 e. The Morgan fingerprint density at radius 2 is 1.65 bits per heavy atom. The van der Waals surface area contributed by atoms with Gasteiger partial charge < -0.3 is 10.2 Å². The second-order valence-electron chi connectivity index (χ2n) is 5.37. The third kappa shape index (κ3) is 3.87. The Morgan fingerprint density at radius 3 is 2.35 bits per heavy atom. The third-order valence-electron chi connectivity index (χ3n) is 3.70. The quantitative estimate of drug-likeness (QED) is 0.775. The number of rotatable bonds is 3. The SMILES string of the molecule is O=C(Nc1ccc(I)cc1)c1cccc(C(=O)N2CCCC2)n1. The Kier molecular flexibility index (Phi) is 4.90. The monoisotopic (exact) mass is 421 g/mol. The molecule has 118 valence electrons. The lowest BCUT2D eigenvalue weighted by molar-refractivity contribution is 0.0787. The Balaban J connectivity index is 1.74. The fourth-order valence-corrected chi connectivity index (χ4v) is 2.85. The van der Waals surface area contributed by atoms with Gasteiger partial charge in [0.15, 0.2) is 0 Å². The molecule has 0 atom stereocenters. The first-order valence-corrected chi connectivity index (χ1v) is 8.54. The summed E-state index contributed by atoms with van der Waals surface area (Å²) >= 11 is 2.20. The first kappa shape index (κ1) is 15.9. The van der Waals surface area contributed by atoms with Crippen LogP contribution in [-0.4, -0.2) is 34.8 Å². The minimum absolute atomic E-state index is 0.105. The van der Waals surface area contributed by atoms with Crippen LogP contribution in [-0.2, 0) is 0 Å². The van der Waals surface area contributed by atoms with Crippen LogP contribution in [0.1, 0.15) is 33.8 Å². The lowest BCUT2D eigenvalue weighted by Crippen LogP contribution is -2.29. The summed E-state index contributed by atoms with van der Waals surface area (Å²) in [6, 6.07) is 12.5. The van der Waals surface area contributed by atoms with Crippen molar-refractivity contribution in [1.82, 2.24) is 9.88 Å². The van der Waals surface area contributed by atoms with E-state index in [-0.39, 0.29) is 17.5 Å². The average molecular weight is 421 g/mol. The lowest BCUT2D eigenvalue weighted by Gasteiger charge is -2.14. The van der Waals surface area contributed by atoms with Crippen LogP contribution in [0.3, 0.4) is 0 Å². The molecule has 0 spiro atoms. The summed E-state index contributed by atoms with van der Waals surface area (Å²) < 4.78 is 1.09. The van der Waals surface area contributed by atoms with E-state index in [2.05, 4.69) is 32.9 Å². The molecule has 1 aromatic heterocycles. The summed E-state index contributed by atoms with van der Waals surface area (Å²) in [5.41, 5.74) is 1.27. The summed E-state index contributed by atoms with van der Waals surface area (Å²) in [6.07, 6.45) is 2.05. The van der Waals surface area contributed by atoms with Crippen molar-refractivity contribution in [3.63, 3.8) is 0 Å². The van der Waals surface area contributed by atoms with Crippen LogP contribution in [0.15, 0.2) is 42.5 Å². The fourth-order valence-electron chi connectivity index (χ4n) is 2.49. The molecule has 0 unspecified atom stereocenters. The number of hydrogen-bond donors (Lipinski definition) is 1. The van der Waals surface area contributed by atoms with Crippen molar-refractivity contribution in [3.05, 3.63) is 57.4 Å². The molecule has 1 saturated heterocycles. The van der Waals surface area contributed by atoms with Gasteiger partial charge in [0.2, 0.25) is 0 Å². The molecule has 1 aliphatic rings. The maximum atomic E-state index is 12.3. The van der Waals surface area contributed by atoms with E-state index in [0.29, 0.717) is 11.4 Å². The highest BCUT2D eigenvalue weighted by molar-refractivity contribution is 14.1. The second-order valence-corrected chi connectivity index (χ2v) is 6.61. The summed E-state index contributed by atoms with van der Waals surface area (Å²) in [7, 11) is 0. The van der Waals surface area contributed by atoms with Gasteiger partial charge in [-0.25, -0.2) is 4.98 Å². The second kappa shape index (κ2) is 7.08. The van der Waals surface area contributed by atoms with E-state index >= 15 is 0 Å². The Morgan fingerprint density at radius 1 is 1.00 bits per heavy atom. The molecular formula is C17H16IN3O2. The van der Waals surface area contributed by atoms with Crippen molar-refractivity contribution in [1.29, 1.82) is 0 Å². The maximum absolute atomic E-state index is 12.3. The molecule has 1 aromatic carbocycles. The predicted octanol–water partition coefficient (Wildman–Crippen LogP) is 3.17. The number of carbonyl (C=O) groups is 2. The number of halogens is 1. The van der Waals surface area contributed by atoms with Crippen molar-refractivity contribution in [2.24, 2.45) is 0 Å². The number of nitrogens with zero attached hydrogens (tertiary/aromatic N) is 2. The van der Waals surface area contributed by atoms with Crippen molar-refractivity contribution in [3.8, 4) is 0 Å². The number of likely N-dealkylation sites (tertiary alicyclic amines) is 1. The van der Waals surface area contributed by atoms with E-state index in [0.717, 1.165) is 29.5 Å². The first-order valence-electron chi connectivity index (χ1n) is 7.47. The van der Waals surface area contributed by atoms with Crippen molar-refractivity contribution < 1.29 is 9.59 Å². The zero-order chi connectivity index (χ0) is 16.2. The van der Waals surface area contributed by atoms with E-state index in [1.165, 1.54) is 0 Å². The molecule has 1 fully saturated rings. The molecule has 0 aliphatic carbocycles. The Labute approximate surface area is 148 Å². The number of aromatic nitrogens is 1. The van der Waals surface area contributed by atoms with Crippen LogP contribution in [0.5, 0.6) is 0 Å². The molecule has 23 heavy (non-hydrogen) atoms. The van der Waals surface area contributed by atoms with Crippen LogP contribution in [0.25, 0.3) is 0 Å². The van der Waals surface area contributed by atoms with Gasteiger partial charge in [-0.05, 0) is 71.8 Å². The van der Waals surface area contributed by atoms with E-state index in [4.69, 9.17) is 0 Å². The largest absolute Gasteiger partial charge is 0.337 e. The van der Waals surface area contributed by atoms with Crippen molar-refractivity contribution in [2.45, 2.75) is 12.8 Å². The van der Waals surface area contributed by atoms with Gasteiger partial charge in [-0.1, -0.05) is 6.07 Å². The highest BCUT2D eigenvalue weighted by Crippen LogP contribution is 2.14. The molecule has 2 heterocycles. The van der Waals surface area contributed by atoms with E-state index in [9.17, 15) is 9.59 Å². The molecule has 1 N–H and O–H groups in total. The van der Waals surface area contributed by atoms with Crippen molar-refractivity contribution >= 4 is 40.1 Å². The van der Waals surface area contributed by atoms with E-state index in [1.54, 1.807) is 23.1 Å². The van der Waals surface area contributed by atoms with E-state index in [1.807, 2.05) is 24.3 Å². The van der Waals surface area contributed by atoms with Crippen LogP contribution in [0, 0.1) is 3.57 Å². The Hall–Kier alpha value is -1.96. The maximum Gasteiger partial charge on any atom is 0.274 e. The Bertz CT molecular complexity index is 725. The number of hydrogen-bond acceptors (Lipinski definition) is 3. The molecule has 6 heteroatoms. The van der Waals surface area contributed by atoms with Gasteiger partial charge in [0.25, 0.3) is 11.8 Å². The summed E-state index contributed by atoms with van der Waals surface area (Å²) in [6.45, 7) is 1.53. The van der Waals surface area contributed by atoms with Crippen LogP contribution >= 0.6 is 22.6 Å². The van der Waals surface area contributed by atoms with Crippen LogP contribution < -0.4 is 5.32 Å². The molecule has 2 amide bonds. The lowest BCUT2D eigenvalue weighted by atomic mass is 10.2. The molecule has 5 nitrogen and oxygen atoms in total. The van der Waals surface area contributed by atoms with Gasteiger partial charge in [0, 0.05) is 22.3 Å².